The maximum atomic E-state index is 12.5. The van der Waals surface area contributed by atoms with Crippen molar-refractivity contribution in [2.75, 3.05) is 10.6 Å². The Bertz CT molecular complexity index is 1090. The van der Waals surface area contributed by atoms with Gasteiger partial charge in [-0.15, -0.1) is 5.10 Å². The monoisotopic (exact) mass is 431 g/mol. The molecule has 0 spiro atoms. The largest absolute Gasteiger partial charge is 0.323 e. The van der Waals surface area contributed by atoms with Crippen molar-refractivity contribution in [2.24, 2.45) is 0 Å². The summed E-state index contributed by atoms with van der Waals surface area (Å²) in [4.78, 5) is 24.9. The fourth-order valence-corrected chi connectivity index (χ4v) is 3.24. The molecule has 1 heterocycles. The van der Waals surface area contributed by atoms with E-state index in [4.69, 9.17) is 23.2 Å². The van der Waals surface area contributed by atoms with Gasteiger partial charge in [-0.2, -0.15) is 0 Å². The Kier molecular flexibility index (Phi) is 6.20. The number of carbonyl (C=O) groups excluding carboxylic acids is 2. The maximum absolute atomic E-state index is 12.5. The third kappa shape index (κ3) is 4.93. The van der Waals surface area contributed by atoms with Crippen molar-refractivity contribution in [3.63, 3.8) is 0 Å². The van der Waals surface area contributed by atoms with Crippen LogP contribution >= 0.6 is 23.2 Å². The zero-order valence-electron chi connectivity index (χ0n) is 16.1. The Morgan fingerprint density at radius 3 is 2.03 bits per heavy atom. The van der Waals surface area contributed by atoms with E-state index < -0.39 is 5.91 Å². The fourth-order valence-electron chi connectivity index (χ4n) is 2.67. The smallest absolute Gasteiger partial charge is 0.278 e. The lowest BCUT2D eigenvalue weighted by Crippen LogP contribution is -2.21. The molecule has 0 aliphatic rings. The average molecular weight is 432 g/mol. The first-order chi connectivity index (χ1) is 13.7. The van der Waals surface area contributed by atoms with Crippen LogP contribution in [0.25, 0.3) is 0 Å². The normalized spacial score (nSPS) is 10.7. The molecule has 0 atom stereocenters. The molecule has 3 aromatic rings. The number of anilines is 2. The molecule has 0 bridgehead atoms. The first-order valence-corrected chi connectivity index (χ1v) is 9.54. The van der Waals surface area contributed by atoms with Gasteiger partial charge in [-0.1, -0.05) is 40.5 Å². The molecule has 2 amide bonds. The summed E-state index contributed by atoms with van der Waals surface area (Å²) in [7, 11) is 0. The summed E-state index contributed by atoms with van der Waals surface area (Å²) in [6, 6.07) is 10.6. The van der Waals surface area contributed by atoms with Crippen molar-refractivity contribution < 1.29 is 9.59 Å². The number of nitrogens with one attached hydrogen (secondary N) is 2. The van der Waals surface area contributed by atoms with Crippen molar-refractivity contribution in [1.82, 2.24) is 15.0 Å². The number of hydrogen-bond donors (Lipinski definition) is 2. The average Bonchev–Trinajstić information content (AvgIpc) is 3.00. The van der Waals surface area contributed by atoms with E-state index in [1.807, 2.05) is 26.0 Å². The molecule has 0 aliphatic heterocycles. The molecule has 3 rings (SSSR count). The molecule has 0 fully saturated rings. The van der Waals surface area contributed by atoms with E-state index in [0.717, 1.165) is 11.1 Å². The van der Waals surface area contributed by atoms with Crippen molar-refractivity contribution >= 4 is 46.4 Å². The van der Waals surface area contributed by atoms with Crippen LogP contribution in [0.3, 0.4) is 0 Å². The highest BCUT2D eigenvalue weighted by Crippen LogP contribution is 2.24. The van der Waals surface area contributed by atoms with Crippen LogP contribution in [-0.2, 0) is 11.3 Å². The number of aryl methyl sites for hydroxylation is 2. The minimum Gasteiger partial charge on any atom is -0.323 e. The molecule has 2 aromatic carbocycles. The molecule has 7 nitrogen and oxygen atoms in total. The molecule has 0 unspecified atom stereocenters. The first kappa shape index (κ1) is 20.8. The topological polar surface area (TPSA) is 88.9 Å². The molecule has 29 heavy (non-hydrogen) atoms. The summed E-state index contributed by atoms with van der Waals surface area (Å²) in [5, 5.41) is 14.1. The van der Waals surface area contributed by atoms with Crippen LogP contribution in [0.4, 0.5) is 11.4 Å². The summed E-state index contributed by atoms with van der Waals surface area (Å²) >= 11 is 12.3. The molecule has 0 aliphatic carbocycles. The van der Waals surface area contributed by atoms with Crippen molar-refractivity contribution in [3.05, 3.63) is 69.0 Å². The molecule has 0 radical (unpaired) electrons. The van der Waals surface area contributed by atoms with Crippen LogP contribution in [0.5, 0.6) is 0 Å². The van der Waals surface area contributed by atoms with Gasteiger partial charge in [-0.3, -0.25) is 9.59 Å². The number of rotatable bonds is 5. The second-order valence-corrected chi connectivity index (χ2v) is 7.46. The standard InChI is InChI=1S/C20H19Cl2N5O2/c1-11-4-6-16(14(21)8-11)23-18(28)10-27-13(3)19(25-26-27)20(29)24-17-7-5-12(2)9-15(17)22/h4-9H,10H2,1-3H3,(H,23,28)(H,24,29). The van der Waals surface area contributed by atoms with E-state index in [1.165, 1.54) is 4.68 Å². The second kappa shape index (κ2) is 8.63. The number of benzene rings is 2. The molecule has 0 saturated carbocycles. The minimum absolute atomic E-state index is 0.110. The predicted molar refractivity (Wildman–Crippen MR) is 114 cm³/mol. The lowest BCUT2D eigenvalue weighted by Gasteiger charge is -2.09. The SMILES string of the molecule is Cc1ccc(NC(=O)Cn2nnc(C(=O)Nc3ccc(C)cc3Cl)c2C)c(Cl)c1. The summed E-state index contributed by atoms with van der Waals surface area (Å²) in [6.45, 7) is 5.37. The van der Waals surface area contributed by atoms with Gasteiger partial charge in [0.1, 0.15) is 6.54 Å². The van der Waals surface area contributed by atoms with Crippen molar-refractivity contribution in [3.8, 4) is 0 Å². The van der Waals surface area contributed by atoms with E-state index in [0.29, 0.717) is 27.1 Å². The van der Waals surface area contributed by atoms with E-state index in [2.05, 4.69) is 20.9 Å². The second-order valence-electron chi connectivity index (χ2n) is 6.65. The minimum atomic E-state index is -0.457. The van der Waals surface area contributed by atoms with E-state index >= 15 is 0 Å². The molecular formula is C20H19Cl2N5O2. The number of nitrogens with zero attached hydrogens (tertiary/aromatic N) is 3. The number of halogens is 2. The number of carbonyl (C=O) groups is 2. The lowest BCUT2D eigenvalue weighted by atomic mass is 10.2. The molecule has 150 valence electrons. The Hall–Kier alpha value is -2.90. The van der Waals surface area contributed by atoms with Gasteiger partial charge in [0.2, 0.25) is 5.91 Å². The van der Waals surface area contributed by atoms with Crippen LogP contribution in [0, 0.1) is 20.8 Å². The third-order valence-corrected chi connectivity index (χ3v) is 4.89. The number of aromatic nitrogens is 3. The highest BCUT2D eigenvalue weighted by atomic mass is 35.5. The number of hydrogen-bond acceptors (Lipinski definition) is 4. The molecular weight excluding hydrogens is 413 g/mol. The predicted octanol–water partition coefficient (Wildman–Crippen LogP) is 4.40. The van der Waals surface area contributed by atoms with Gasteiger partial charge in [-0.25, -0.2) is 4.68 Å². The fraction of sp³-hybridized carbons (Fsp3) is 0.200. The Labute approximate surface area is 178 Å². The molecule has 0 saturated heterocycles. The zero-order valence-corrected chi connectivity index (χ0v) is 17.6. The van der Waals surface area contributed by atoms with Crippen LogP contribution in [0.2, 0.25) is 10.0 Å². The van der Waals surface area contributed by atoms with Crippen LogP contribution in [-0.4, -0.2) is 26.8 Å². The maximum Gasteiger partial charge on any atom is 0.278 e. The summed E-state index contributed by atoms with van der Waals surface area (Å²) in [5.74, 6) is -0.793. The van der Waals surface area contributed by atoms with E-state index in [1.54, 1.807) is 31.2 Å². The number of amides is 2. The van der Waals surface area contributed by atoms with Crippen LogP contribution in [0.15, 0.2) is 36.4 Å². The molecule has 2 N–H and O–H groups in total. The van der Waals surface area contributed by atoms with Gasteiger partial charge < -0.3 is 10.6 Å². The van der Waals surface area contributed by atoms with E-state index in [9.17, 15) is 9.59 Å². The van der Waals surface area contributed by atoms with Gasteiger partial charge in [0.15, 0.2) is 5.69 Å². The molecule has 9 heteroatoms. The van der Waals surface area contributed by atoms with Crippen molar-refractivity contribution in [2.45, 2.75) is 27.3 Å². The first-order valence-electron chi connectivity index (χ1n) is 8.78. The van der Waals surface area contributed by atoms with E-state index in [-0.39, 0.29) is 18.1 Å². The van der Waals surface area contributed by atoms with Gasteiger partial charge in [0.25, 0.3) is 5.91 Å². The van der Waals surface area contributed by atoms with Gasteiger partial charge >= 0.3 is 0 Å². The Balaban J connectivity index is 1.69. The summed E-state index contributed by atoms with van der Waals surface area (Å²) in [5.41, 5.74) is 3.52. The Morgan fingerprint density at radius 2 is 1.48 bits per heavy atom. The zero-order chi connectivity index (χ0) is 21.1. The van der Waals surface area contributed by atoms with Crippen LogP contribution < -0.4 is 10.6 Å². The van der Waals surface area contributed by atoms with Crippen molar-refractivity contribution in [1.29, 1.82) is 0 Å². The summed E-state index contributed by atoms with van der Waals surface area (Å²) < 4.78 is 1.35. The van der Waals surface area contributed by atoms with Gasteiger partial charge in [-0.05, 0) is 56.2 Å². The Morgan fingerprint density at radius 1 is 0.931 bits per heavy atom. The van der Waals surface area contributed by atoms with Crippen LogP contribution in [0.1, 0.15) is 27.3 Å². The highest BCUT2D eigenvalue weighted by Gasteiger charge is 2.19. The van der Waals surface area contributed by atoms with Gasteiger partial charge in [0.05, 0.1) is 27.1 Å². The lowest BCUT2D eigenvalue weighted by molar-refractivity contribution is -0.117. The summed E-state index contributed by atoms with van der Waals surface area (Å²) in [6.07, 6.45) is 0. The third-order valence-electron chi connectivity index (χ3n) is 4.26. The molecule has 1 aromatic heterocycles. The highest BCUT2D eigenvalue weighted by molar-refractivity contribution is 6.34. The quantitative estimate of drug-likeness (QED) is 0.626. The van der Waals surface area contributed by atoms with Gasteiger partial charge in [0, 0.05) is 0 Å².